The Labute approximate surface area is 188 Å². The lowest BCUT2D eigenvalue weighted by Gasteiger charge is -2.23. The van der Waals surface area contributed by atoms with Gasteiger partial charge in [-0.15, -0.1) is 0 Å². The van der Waals surface area contributed by atoms with E-state index in [0.717, 1.165) is 18.9 Å². The number of nitrogens with zero attached hydrogens (tertiary/aromatic N) is 1. The van der Waals surface area contributed by atoms with Crippen LogP contribution in [0.5, 0.6) is 0 Å². The molecule has 1 aromatic carbocycles. The smallest absolute Gasteiger partial charge is 0.416 e. The summed E-state index contributed by atoms with van der Waals surface area (Å²) in [6.45, 7) is 0.987. The van der Waals surface area contributed by atoms with Gasteiger partial charge in [0.2, 0.25) is 0 Å². The summed E-state index contributed by atoms with van der Waals surface area (Å²) in [4.78, 5) is 25.8. The Morgan fingerprint density at radius 1 is 1.09 bits per heavy atom. The SMILES string of the molecule is O=C(O)c1cc(Cl)ccc1NC(=O)N1CC2CC(C3C=CC=CC(C(F)(F)F)=C3)CC2C1. The standard InChI is InChI=1S/C23H22ClF3N2O3/c24-18-5-6-20(19(10-18)21(30)31)28-22(32)29-11-15-7-14(8-16(15)12-29)13-3-1-2-4-17(9-13)23(25,26)27/h1-6,9-10,13-16H,7-8,11-12H2,(H,28,32)(H,30,31). The molecular weight excluding hydrogens is 445 g/mol. The number of aromatic carboxylic acids is 1. The molecule has 5 nitrogen and oxygen atoms in total. The Kier molecular flexibility index (Phi) is 6.07. The van der Waals surface area contributed by atoms with Crippen LogP contribution in [-0.2, 0) is 0 Å². The van der Waals surface area contributed by atoms with Crippen LogP contribution < -0.4 is 5.32 Å². The minimum absolute atomic E-state index is 0.0914. The molecular formula is C23H22ClF3N2O3. The Morgan fingerprint density at radius 3 is 2.41 bits per heavy atom. The average Bonchev–Trinajstić information content (AvgIpc) is 3.18. The van der Waals surface area contributed by atoms with E-state index in [-0.39, 0.29) is 39.9 Å². The molecule has 1 aliphatic heterocycles. The summed E-state index contributed by atoms with van der Waals surface area (Å²) in [6.07, 6.45) is 4.42. The number of allylic oxidation sites excluding steroid dienone is 6. The third-order valence-corrected chi connectivity index (χ3v) is 6.73. The molecule has 3 aliphatic rings. The zero-order chi connectivity index (χ0) is 23.0. The number of hydrogen-bond acceptors (Lipinski definition) is 2. The molecule has 3 atom stereocenters. The van der Waals surface area contributed by atoms with Crippen molar-refractivity contribution < 1.29 is 27.9 Å². The number of alkyl halides is 3. The van der Waals surface area contributed by atoms with Crippen molar-refractivity contribution in [3.8, 4) is 0 Å². The van der Waals surface area contributed by atoms with Gasteiger partial charge < -0.3 is 15.3 Å². The number of fused-ring (bicyclic) bond motifs is 1. The number of benzene rings is 1. The van der Waals surface area contributed by atoms with Crippen LogP contribution in [0.1, 0.15) is 23.2 Å². The zero-order valence-electron chi connectivity index (χ0n) is 17.0. The Morgan fingerprint density at radius 2 is 1.78 bits per heavy atom. The summed E-state index contributed by atoms with van der Waals surface area (Å²) < 4.78 is 39.6. The number of carbonyl (C=O) groups excluding carboxylic acids is 1. The Balaban J connectivity index is 1.39. The van der Waals surface area contributed by atoms with Gasteiger partial charge in [0.1, 0.15) is 0 Å². The molecule has 1 aromatic rings. The average molecular weight is 467 g/mol. The van der Waals surface area contributed by atoms with Gasteiger partial charge in [-0.25, -0.2) is 9.59 Å². The van der Waals surface area contributed by atoms with Gasteiger partial charge >= 0.3 is 18.2 Å². The minimum Gasteiger partial charge on any atom is -0.478 e. The molecule has 0 bridgehead atoms. The molecule has 170 valence electrons. The molecule has 32 heavy (non-hydrogen) atoms. The number of carboxylic acids is 1. The lowest BCUT2D eigenvalue weighted by molar-refractivity contribution is -0.0886. The first-order valence-corrected chi connectivity index (χ1v) is 10.7. The summed E-state index contributed by atoms with van der Waals surface area (Å²) in [5.74, 6) is -0.967. The maximum Gasteiger partial charge on any atom is 0.416 e. The second-order valence-corrected chi connectivity index (χ2v) is 8.96. The van der Waals surface area contributed by atoms with E-state index in [1.165, 1.54) is 30.4 Å². The van der Waals surface area contributed by atoms with Gasteiger partial charge in [0.25, 0.3) is 0 Å². The number of urea groups is 1. The number of anilines is 1. The first-order chi connectivity index (χ1) is 15.1. The highest BCUT2D eigenvalue weighted by molar-refractivity contribution is 6.31. The van der Waals surface area contributed by atoms with Crippen molar-refractivity contribution in [3.63, 3.8) is 0 Å². The van der Waals surface area contributed by atoms with E-state index in [2.05, 4.69) is 5.32 Å². The summed E-state index contributed by atoms with van der Waals surface area (Å²) in [7, 11) is 0. The van der Waals surface area contributed by atoms with Gasteiger partial charge in [0, 0.05) is 18.1 Å². The minimum atomic E-state index is -4.37. The fourth-order valence-corrected chi connectivity index (χ4v) is 5.15. The maximum atomic E-state index is 13.2. The van der Waals surface area contributed by atoms with Gasteiger partial charge in [-0.1, -0.05) is 42.0 Å². The van der Waals surface area contributed by atoms with Gasteiger partial charge in [-0.3, -0.25) is 0 Å². The second kappa shape index (κ2) is 8.65. The van der Waals surface area contributed by atoms with Crippen molar-refractivity contribution in [2.24, 2.45) is 23.7 Å². The van der Waals surface area contributed by atoms with Crippen molar-refractivity contribution in [1.29, 1.82) is 0 Å². The molecule has 4 rings (SSSR count). The van der Waals surface area contributed by atoms with E-state index in [0.29, 0.717) is 13.1 Å². The predicted molar refractivity (Wildman–Crippen MR) is 115 cm³/mol. The van der Waals surface area contributed by atoms with Gasteiger partial charge in [-0.2, -0.15) is 13.2 Å². The summed E-state index contributed by atoms with van der Waals surface area (Å²) >= 11 is 5.85. The molecule has 1 saturated carbocycles. The Bertz CT molecular complexity index is 1000. The van der Waals surface area contributed by atoms with Crippen LogP contribution in [0.15, 0.2) is 54.2 Å². The normalized spacial score (nSPS) is 27.1. The predicted octanol–water partition coefficient (Wildman–Crippen LogP) is 5.76. The zero-order valence-corrected chi connectivity index (χ0v) is 17.7. The van der Waals surface area contributed by atoms with Crippen LogP contribution in [0.2, 0.25) is 5.02 Å². The molecule has 0 radical (unpaired) electrons. The maximum absolute atomic E-state index is 13.2. The summed E-state index contributed by atoms with van der Waals surface area (Å²) in [5.41, 5.74) is -0.545. The van der Waals surface area contributed by atoms with Crippen molar-refractivity contribution in [2.45, 2.75) is 19.0 Å². The van der Waals surface area contributed by atoms with E-state index >= 15 is 0 Å². The van der Waals surface area contributed by atoms with Crippen molar-refractivity contribution >= 4 is 29.3 Å². The third-order valence-electron chi connectivity index (χ3n) is 6.49. The highest BCUT2D eigenvalue weighted by atomic mass is 35.5. The van der Waals surface area contributed by atoms with E-state index < -0.39 is 23.7 Å². The van der Waals surface area contributed by atoms with Crippen LogP contribution in [0, 0.1) is 23.7 Å². The fraction of sp³-hybridized carbons (Fsp3) is 0.391. The van der Waals surface area contributed by atoms with E-state index in [1.807, 2.05) is 6.08 Å². The number of carbonyl (C=O) groups is 2. The fourth-order valence-electron chi connectivity index (χ4n) is 4.98. The lowest BCUT2D eigenvalue weighted by atomic mass is 9.88. The molecule has 2 amide bonds. The molecule has 2 aliphatic carbocycles. The van der Waals surface area contributed by atoms with Crippen molar-refractivity contribution in [3.05, 3.63) is 64.7 Å². The van der Waals surface area contributed by atoms with Crippen LogP contribution in [0.25, 0.3) is 0 Å². The first kappa shape index (κ1) is 22.5. The van der Waals surface area contributed by atoms with E-state index in [9.17, 15) is 27.9 Å². The van der Waals surface area contributed by atoms with E-state index in [4.69, 9.17) is 11.6 Å². The number of hydrogen-bond donors (Lipinski definition) is 2. The Hall–Kier alpha value is -2.74. The highest BCUT2D eigenvalue weighted by Gasteiger charge is 2.44. The molecule has 3 unspecified atom stereocenters. The summed E-state index contributed by atoms with van der Waals surface area (Å²) in [5, 5.41) is 12.2. The molecule has 0 aromatic heterocycles. The number of halogens is 4. The molecule has 0 spiro atoms. The third kappa shape index (κ3) is 4.70. The van der Waals surface area contributed by atoms with Crippen molar-refractivity contribution in [2.75, 3.05) is 18.4 Å². The van der Waals surface area contributed by atoms with Crippen LogP contribution in [0.3, 0.4) is 0 Å². The van der Waals surface area contributed by atoms with Crippen LogP contribution >= 0.6 is 11.6 Å². The van der Waals surface area contributed by atoms with Crippen LogP contribution in [-0.4, -0.2) is 41.3 Å². The first-order valence-electron chi connectivity index (χ1n) is 10.3. The van der Waals surface area contributed by atoms with E-state index in [1.54, 1.807) is 11.0 Å². The highest BCUT2D eigenvalue weighted by Crippen LogP contribution is 2.46. The largest absolute Gasteiger partial charge is 0.478 e. The molecule has 9 heteroatoms. The number of carboxylic acid groups (broad SMARTS) is 1. The van der Waals surface area contributed by atoms with Crippen molar-refractivity contribution in [1.82, 2.24) is 4.90 Å². The number of likely N-dealkylation sites (tertiary alicyclic amines) is 1. The lowest BCUT2D eigenvalue weighted by Crippen LogP contribution is -2.34. The molecule has 2 N–H and O–H groups in total. The van der Waals surface area contributed by atoms with Gasteiger partial charge in [0.15, 0.2) is 0 Å². The molecule has 1 saturated heterocycles. The quantitative estimate of drug-likeness (QED) is 0.595. The van der Waals surface area contributed by atoms with Gasteiger partial charge in [0.05, 0.1) is 16.8 Å². The number of amides is 2. The summed E-state index contributed by atoms with van der Waals surface area (Å²) in [6, 6.07) is 3.84. The number of nitrogens with one attached hydrogen (secondary N) is 1. The second-order valence-electron chi connectivity index (χ2n) is 8.52. The number of rotatable bonds is 3. The van der Waals surface area contributed by atoms with Crippen LogP contribution in [0.4, 0.5) is 23.7 Å². The molecule has 2 fully saturated rings. The molecule has 1 heterocycles. The van der Waals surface area contributed by atoms with Gasteiger partial charge in [-0.05, 0) is 54.7 Å². The topological polar surface area (TPSA) is 69.6 Å². The monoisotopic (exact) mass is 466 g/mol.